The monoisotopic (exact) mass is 277 g/mol. The Morgan fingerprint density at radius 1 is 1.50 bits per heavy atom. The Kier molecular flexibility index (Phi) is 5.54. The number of benzene rings is 1. The molecular weight excluding hydrogens is 257 g/mol. The molecule has 0 aliphatic carbocycles. The number of aliphatic hydroxyl groups excluding tert-OH is 1. The molecule has 1 atom stereocenters. The average Bonchev–Trinajstić information content (AvgIpc) is 2.47. The molecule has 0 saturated carbocycles. The molecular formula is C16H20FNO2. The first-order valence-electron chi connectivity index (χ1n) is 6.95. The van der Waals surface area contributed by atoms with E-state index in [9.17, 15) is 4.39 Å². The van der Waals surface area contributed by atoms with E-state index < -0.39 is 0 Å². The molecule has 1 aliphatic rings. The summed E-state index contributed by atoms with van der Waals surface area (Å²) < 4.78 is 19.0. The second-order valence-electron chi connectivity index (χ2n) is 4.90. The molecule has 1 aliphatic heterocycles. The van der Waals surface area contributed by atoms with Gasteiger partial charge in [0.15, 0.2) is 0 Å². The molecule has 1 heterocycles. The van der Waals surface area contributed by atoms with Crippen LogP contribution in [0.3, 0.4) is 0 Å². The summed E-state index contributed by atoms with van der Waals surface area (Å²) in [6.07, 6.45) is 1.27. The summed E-state index contributed by atoms with van der Waals surface area (Å²) in [5, 5.41) is 8.78. The second-order valence-corrected chi connectivity index (χ2v) is 4.90. The van der Waals surface area contributed by atoms with E-state index in [4.69, 9.17) is 9.84 Å². The molecule has 1 fully saturated rings. The van der Waals surface area contributed by atoms with Crippen molar-refractivity contribution in [3.8, 4) is 11.8 Å². The van der Waals surface area contributed by atoms with Gasteiger partial charge in [0, 0.05) is 25.2 Å². The van der Waals surface area contributed by atoms with Crippen molar-refractivity contribution in [2.24, 2.45) is 0 Å². The third-order valence-corrected chi connectivity index (χ3v) is 3.45. The summed E-state index contributed by atoms with van der Waals surface area (Å²) in [7, 11) is 0. The van der Waals surface area contributed by atoms with E-state index in [2.05, 4.69) is 23.7 Å². The van der Waals surface area contributed by atoms with Gasteiger partial charge in [-0.2, -0.15) is 0 Å². The van der Waals surface area contributed by atoms with Crippen LogP contribution in [0.15, 0.2) is 18.2 Å². The van der Waals surface area contributed by atoms with Gasteiger partial charge in [-0.15, -0.1) is 0 Å². The van der Waals surface area contributed by atoms with Crippen molar-refractivity contribution in [3.63, 3.8) is 0 Å². The molecule has 1 N–H and O–H groups in total. The lowest BCUT2D eigenvalue weighted by molar-refractivity contribution is -0.0324. The first-order chi connectivity index (χ1) is 9.72. The van der Waals surface area contributed by atoms with Crippen molar-refractivity contribution in [3.05, 3.63) is 35.1 Å². The van der Waals surface area contributed by atoms with Crippen LogP contribution in [0.2, 0.25) is 0 Å². The molecule has 0 aromatic heterocycles. The van der Waals surface area contributed by atoms with E-state index in [0.717, 1.165) is 38.2 Å². The lowest BCUT2D eigenvalue weighted by Gasteiger charge is -2.32. The van der Waals surface area contributed by atoms with Crippen molar-refractivity contribution in [2.45, 2.75) is 26.0 Å². The summed E-state index contributed by atoms with van der Waals surface area (Å²) in [4.78, 5) is 2.30. The fourth-order valence-electron chi connectivity index (χ4n) is 2.35. The number of nitrogens with zero attached hydrogens (tertiary/aromatic N) is 1. The van der Waals surface area contributed by atoms with Gasteiger partial charge in [-0.05, 0) is 24.1 Å². The quantitative estimate of drug-likeness (QED) is 0.855. The van der Waals surface area contributed by atoms with Crippen molar-refractivity contribution in [2.75, 3.05) is 26.3 Å². The molecule has 4 heteroatoms. The highest BCUT2D eigenvalue weighted by Gasteiger charge is 2.19. The van der Waals surface area contributed by atoms with Crippen molar-refractivity contribution in [1.82, 2.24) is 4.90 Å². The largest absolute Gasteiger partial charge is 0.384 e. The number of morpholine rings is 1. The molecule has 0 radical (unpaired) electrons. The fraction of sp³-hybridized carbons (Fsp3) is 0.500. The van der Waals surface area contributed by atoms with E-state index in [-0.39, 0.29) is 18.5 Å². The van der Waals surface area contributed by atoms with Crippen LogP contribution in [-0.2, 0) is 11.3 Å². The maximum Gasteiger partial charge on any atom is 0.124 e. The predicted octanol–water partition coefficient (Wildman–Crippen LogP) is 1.78. The highest BCUT2D eigenvalue weighted by atomic mass is 19.1. The summed E-state index contributed by atoms with van der Waals surface area (Å²) in [5.74, 6) is 5.10. The van der Waals surface area contributed by atoms with Crippen molar-refractivity contribution in [1.29, 1.82) is 0 Å². The zero-order valence-corrected chi connectivity index (χ0v) is 11.7. The van der Waals surface area contributed by atoms with E-state index in [1.54, 1.807) is 6.07 Å². The molecule has 1 aromatic carbocycles. The Morgan fingerprint density at radius 2 is 2.35 bits per heavy atom. The van der Waals surface area contributed by atoms with Crippen LogP contribution in [0.1, 0.15) is 24.5 Å². The van der Waals surface area contributed by atoms with Crippen molar-refractivity contribution >= 4 is 0 Å². The van der Waals surface area contributed by atoms with E-state index in [0.29, 0.717) is 5.56 Å². The number of ether oxygens (including phenoxy) is 1. The summed E-state index contributed by atoms with van der Waals surface area (Å²) in [5.41, 5.74) is 1.64. The first-order valence-corrected chi connectivity index (χ1v) is 6.95. The molecule has 2 rings (SSSR count). The van der Waals surface area contributed by atoms with Crippen LogP contribution < -0.4 is 0 Å². The molecule has 0 amide bonds. The molecule has 20 heavy (non-hydrogen) atoms. The number of aliphatic hydroxyl groups is 1. The van der Waals surface area contributed by atoms with Crippen LogP contribution >= 0.6 is 0 Å². The van der Waals surface area contributed by atoms with Gasteiger partial charge in [-0.1, -0.05) is 24.8 Å². The van der Waals surface area contributed by atoms with Crippen LogP contribution in [0, 0.1) is 17.7 Å². The van der Waals surface area contributed by atoms with Crippen LogP contribution in [0.25, 0.3) is 0 Å². The van der Waals surface area contributed by atoms with E-state index in [1.165, 1.54) is 12.1 Å². The Balaban J connectivity index is 2.12. The van der Waals surface area contributed by atoms with Gasteiger partial charge < -0.3 is 9.84 Å². The molecule has 0 spiro atoms. The third kappa shape index (κ3) is 4.04. The third-order valence-electron chi connectivity index (χ3n) is 3.45. The minimum atomic E-state index is -0.301. The van der Waals surface area contributed by atoms with Gasteiger partial charge in [0.05, 0.1) is 12.7 Å². The fourth-order valence-corrected chi connectivity index (χ4v) is 2.35. The average molecular weight is 277 g/mol. The maximum atomic E-state index is 13.3. The summed E-state index contributed by atoms with van der Waals surface area (Å²) in [6, 6.07) is 4.65. The zero-order valence-electron chi connectivity index (χ0n) is 11.7. The van der Waals surface area contributed by atoms with Crippen LogP contribution in [-0.4, -0.2) is 42.4 Å². The molecule has 3 nitrogen and oxygen atoms in total. The standard InChI is InChI=1S/C16H20FNO2/c1-2-16-12-18(7-9-20-16)11-14-5-6-15(17)10-13(14)4-3-8-19/h5-6,10,16,19H,2,7-9,11-12H2,1H3. The SMILES string of the molecule is CCC1CN(Cc2ccc(F)cc2C#CCO)CCO1. The molecule has 108 valence electrons. The number of hydrogen-bond acceptors (Lipinski definition) is 3. The molecule has 1 aromatic rings. The Labute approximate surface area is 119 Å². The predicted molar refractivity (Wildman–Crippen MR) is 75.7 cm³/mol. The van der Waals surface area contributed by atoms with Gasteiger partial charge in [0.1, 0.15) is 12.4 Å². The smallest absolute Gasteiger partial charge is 0.124 e. The normalized spacial score (nSPS) is 19.4. The number of hydrogen-bond donors (Lipinski definition) is 1. The van der Waals surface area contributed by atoms with Gasteiger partial charge in [0.25, 0.3) is 0 Å². The van der Waals surface area contributed by atoms with E-state index >= 15 is 0 Å². The minimum absolute atomic E-state index is 0.217. The topological polar surface area (TPSA) is 32.7 Å². The second kappa shape index (κ2) is 7.39. The summed E-state index contributed by atoms with van der Waals surface area (Å²) >= 11 is 0. The van der Waals surface area contributed by atoms with Gasteiger partial charge in [0.2, 0.25) is 0 Å². The van der Waals surface area contributed by atoms with Crippen molar-refractivity contribution < 1.29 is 14.2 Å². The van der Waals surface area contributed by atoms with Crippen LogP contribution in [0.4, 0.5) is 4.39 Å². The Bertz CT molecular complexity index is 507. The Hall–Kier alpha value is -1.41. The number of halogens is 1. The first kappa shape index (κ1) is 15.0. The molecule has 1 unspecified atom stereocenters. The van der Waals surface area contributed by atoms with E-state index in [1.807, 2.05) is 0 Å². The highest BCUT2D eigenvalue weighted by Crippen LogP contribution is 2.16. The molecule has 1 saturated heterocycles. The highest BCUT2D eigenvalue weighted by molar-refractivity contribution is 5.41. The lowest BCUT2D eigenvalue weighted by Crippen LogP contribution is -2.41. The minimum Gasteiger partial charge on any atom is -0.384 e. The number of rotatable bonds is 3. The van der Waals surface area contributed by atoms with Gasteiger partial charge >= 0.3 is 0 Å². The zero-order chi connectivity index (χ0) is 14.4. The van der Waals surface area contributed by atoms with Crippen LogP contribution in [0.5, 0.6) is 0 Å². The Morgan fingerprint density at radius 3 is 3.10 bits per heavy atom. The lowest BCUT2D eigenvalue weighted by atomic mass is 10.1. The van der Waals surface area contributed by atoms with Gasteiger partial charge in [-0.3, -0.25) is 4.90 Å². The molecule has 0 bridgehead atoms. The maximum absolute atomic E-state index is 13.3. The van der Waals surface area contributed by atoms with Gasteiger partial charge in [-0.25, -0.2) is 4.39 Å². The summed E-state index contributed by atoms with van der Waals surface area (Å²) in [6.45, 7) is 5.13.